The van der Waals surface area contributed by atoms with Crippen molar-refractivity contribution in [2.75, 3.05) is 7.11 Å². The van der Waals surface area contributed by atoms with E-state index in [0.29, 0.717) is 6.54 Å². The molecule has 0 radical (unpaired) electrons. The summed E-state index contributed by atoms with van der Waals surface area (Å²) in [6, 6.07) is 18.0. The second-order valence-electron chi connectivity index (χ2n) is 7.43. The Hall–Kier alpha value is -3.01. The molecule has 0 aliphatic carbocycles. The molecule has 3 rings (SSSR count). The number of nitrogens with one attached hydrogen (secondary N) is 1. The van der Waals surface area contributed by atoms with E-state index < -0.39 is 0 Å². The standard InChI is InChI=1S/C25H30N2O2/c1-6-23-17(2)24(25(28)26-18(3)21-12-8-7-9-13-21)27(19(23)4)16-20-11-10-14-22(15-20)29-5/h7-15,18H,6,16H2,1-5H3,(H,26,28). The molecule has 1 heterocycles. The van der Waals surface area contributed by atoms with Crippen LogP contribution in [0.5, 0.6) is 5.75 Å². The molecule has 0 spiro atoms. The van der Waals surface area contributed by atoms with Crippen molar-refractivity contribution in [2.45, 2.75) is 46.7 Å². The van der Waals surface area contributed by atoms with Crippen molar-refractivity contribution in [3.05, 3.63) is 88.2 Å². The number of carbonyl (C=O) groups is 1. The molecule has 0 aliphatic rings. The van der Waals surface area contributed by atoms with Crippen molar-refractivity contribution < 1.29 is 9.53 Å². The van der Waals surface area contributed by atoms with Gasteiger partial charge in [0.25, 0.3) is 5.91 Å². The Labute approximate surface area is 173 Å². The van der Waals surface area contributed by atoms with Crippen molar-refractivity contribution in [3.8, 4) is 5.75 Å². The van der Waals surface area contributed by atoms with Crippen LogP contribution >= 0.6 is 0 Å². The van der Waals surface area contributed by atoms with Gasteiger partial charge in [-0.25, -0.2) is 0 Å². The zero-order valence-electron chi connectivity index (χ0n) is 18.0. The lowest BCUT2D eigenvalue weighted by molar-refractivity contribution is 0.0930. The molecule has 0 bridgehead atoms. The minimum atomic E-state index is -0.0614. The molecule has 0 aliphatic heterocycles. The maximum atomic E-state index is 13.3. The summed E-state index contributed by atoms with van der Waals surface area (Å²) in [6.45, 7) is 8.94. The number of ether oxygens (including phenoxy) is 1. The zero-order valence-corrected chi connectivity index (χ0v) is 18.0. The molecule has 1 atom stereocenters. The largest absolute Gasteiger partial charge is 0.497 e. The lowest BCUT2D eigenvalue weighted by Gasteiger charge is -2.17. The highest BCUT2D eigenvalue weighted by Gasteiger charge is 2.23. The van der Waals surface area contributed by atoms with E-state index in [-0.39, 0.29) is 11.9 Å². The number of aromatic nitrogens is 1. The molecule has 0 saturated heterocycles. The topological polar surface area (TPSA) is 43.3 Å². The highest BCUT2D eigenvalue weighted by molar-refractivity contribution is 5.95. The van der Waals surface area contributed by atoms with Crippen molar-refractivity contribution in [2.24, 2.45) is 0 Å². The van der Waals surface area contributed by atoms with E-state index in [9.17, 15) is 4.79 Å². The van der Waals surface area contributed by atoms with Crippen molar-refractivity contribution in [3.63, 3.8) is 0 Å². The second-order valence-corrected chi connectivity index (χ2v) is 7.43. The molecule has 0 saturated carbocycles. The van der Waals surface area contributed by atoms with Gasteiger partial charge in [-0.1, -0.05) is 49.4 Å². The Bertz CT molecular complexity index is 990. The number of amides is 1. The molecule has 1 N–H and O–H groups in total. The van der Waals surface area contributed by atoms with Gasteiger partial charge >= 0.3 is 0 Å². The molecular formula is C25H30N2O2. The van der Waals surface area contributed by atoms with Gasteiger partial charge in [-0.05, 0) is 61.6 Å². The van der Waals surface area contributed by atoms with Crippen LogP contribution in [0.15, 0.2) is 54.6 Å². The van der Waals surface area contributed by atoms with Gasteiger partial charge in [0, 0.05) is 12.2 Å². The summed E-state index contributed by atoms with van der Waals surface area (Å²) in [7, 11) is 1.67. The smallest absolute Gasteiger partial charge is 0.268 e. The number of nitrogens with zero attached hydrogens (tertiary/aromatic N) is 1. The zero-order chi connectivity index (χ0) is 21.0. The Morgan fingerprint density at radius 1 is 1.10 bits per heavy atom. The van der Waals surface area contributed by atoms with Gasteiger partial charge in [-0.2, -0.15) is 0 Å². The van der Waals surface area contributed by atoms with Gasteiger partial charge in [0.2, 0.25) is 0 Å². The average Bonchev–Trinajstić information content (AvgIpc) is 2.97. The Kier molecular flexibility index (Phi) is 6.42. The van der Waals surface area contributed by atoms with Crippen LogP contribution in [0, 0.1) is 13.8 Å². The second kappa shape index (κ2) is 8.99. The van der Waals surface area contributed by atoms with Crippen LogP contribution in [0.1, 0.15) is 58.3 Å². The summed E-state index contributed by atoms with van der Waals surface area (Å²) >= 11 is 0. The van der Waals surface area contributed by atoms with Gasteiger partial charge in [0.1, 0.15) is 11.4 Å². The quantitative estimate of drug-likeness (QED) is 0.601. The Balaban J connectivity index is 1.95. The van der Waals surface area contributed by atoms with Crippen LogP contribution < -0.4 is 10.1 Å². The predicted molar refractivity (Wildman–Crippen MR) is 118 cm³/mol. The van der Waals surface area contributed by atoms with E-state index in [1.54, 1.807) is 7.11 Å². The molecule has 4 heteroatoms. The number of carbonyl (C=O) groups excluding carboxylic acids is 1. The van der Waals surface area contributed by atoms with Gasteiger partial charge in [0.05, 0.1) is 13.2 Å². The third-order valence-electron chi connectivity index (χ3n) is 5.61. The minimum Gasteiger partial charge on any atom is -0.497 e. The fourth-order valence-corrected chi connectivity index (χ4v) is 4.00. The number of benzene rings is 2. The van der Waals surface area contributed by atoms with Gasteiger partial charge in [0.15, 0.2) is 0 Å². The van der Waals surface area contributed by atoms with E-state index >= 15 is 0 Å². The van der Waals surface area contributed by atoms with Gasteiger partial charge < -0.3 is 14.6 Å². The molecule has 29 heavy (non-hydrogen) atoms. The first kappa shape index (κ1) is 20.7. The highest BCUT2D eigenvalue weighted by atomic mass is 16.5. The van der Waals surface area contributed by atoms with Crippen molar-refractivity contribution >= 4 is 5.91 Å². The number of methoxy groups -OCH3 is 1. The highest BCUT2D eigenvalue weighted by Crippen LogP contribution is 2.26. The lowest BCUT2D eigenvalue weighted by Crippen LogP contribution is -2.29. The van der Waals surface area contributed by atoms with Crippen LogP contribution in [0.3, 0.4) is 0 Å². The first-order valence-electron chi connectivity index (χ1n) is 10.1. The average molecular weight is 391 g/mol. The molecule has 1 unspecified atom stereocenters. The molecule has 1 aromatic heterocycles. The normalized spacial score (nSPS) is 11.9. The maximum Gasteiger partial charge on any atom is 0.268 e. The van der Waals surface area contributed by atoms with Crippen LogP contribution in [-0.2, 0) is 13.0 Å². The minimum absolute atomic E-state index is 0.0375. The predicted octanol–water partition coefficient (Wildman–Crippen LogP) is 5.22. The van der Waals surface area contributed by atoms with Crippen LogP contribution in [0.25, 0.3) is 0 Å². The first-order chi connectivity index (χ1) is 14.0. The molecule has 1 amide bonds. The van der Waals surface area contributed by atoms with E-state index in [1.165, 1.54) is 5.56 Å². The molecule has 3 aromatic rings. The Morgan fingerprint density at radius 3 is 2.48 bits per heavy atom. The first-order valence-corrected chi connectivity index (χ1v) is 10.1. The van der Waals surface area contributed by atoms with Crippen molar-refractivity contribution in [1.82, 2.24) is 9.88 Å². The van der Waals surface area contributed by atoms with Crippen molar-refractivity contribution in [1.29, 1.82) is 0 Å². The summed E-state index contributed by atoms with van der Waals surface area (Å²) in [4.78, 5) is 13.3. The maximum absolute atomic E-state index is 13.3. The van der Waals surface area contributed by atoms with E-state index in [2.05, 4.69) is 36.7 Å². The lowest BCUT2D eigenvalue weighted by atomic mass is 10.1. The SMILES string of the molecule is CCc1c(C)c(C(=O)NC(C)c2ccccc2)n(Cc2cccc(OC)c2)c1C. The van der Waals surface area contributed by atoms with Gasteiger partial charge in [-0.3, -0.25) is 4.79 Å². The number of rotatable bonds is 7. The van der Waals surface area contributed by atoms with Crippen LogP contribution in [0.4, 0.5) is 0 Å². The van der Waals surface area contributed by atoms with E-state index in [1.807, 2.05) is 55.5 Å². The molecule has 152 valence electrons. The summed E-state index contributed by atoms with van der Waals surface area (Å²) in [5.41, 5.74) is 6.39. The summed E-state index contributed by atoms with van der Waals surface area (Å²) in [5.74, 6) is 0.785. The number of hydrogen-bond donors (Lipinski definition) is 1. The molecule has 4 nitrogen and oxygen atoms in total. The summed E-state index contributed by atoms with van der Waals surface area (Å²) in [5, 5.41) is 3.18. The summed E-state index contributed by atoms with van der Waals surface area (Å²) < 4.78 is 7.50. The van der Waals surface area contributed by atoms with E-state index in [4.69, 9.17) is 4.74 Å². The van der Waals surface area contributed by atoms with Crippen LogP contribution in [0.2, 0.25) is 0 Å². The molecule has 2 aromatic carbocycles. The number of hydrogen-bond acceptors (Lipinski definition) is 2. The van der Waals surface area contributed by atoms with Crippen LogP contribution in [-0.4, -0.2) is 17.6 Å². The van der Waals surface area contributed by atoms with E-state index in [0.717, 1.165) is 40.2 Å². The third kappa shape index (κ3) is 4.37. The summed E-state index contributed by atoms with van der Waals surface area (Å²) in [6.07, 6.45) is 0.900. The Morgan fingerprint density at radius 2 is 1.83 bits per heavy atom. The van der Waals surface area contributed by atoms with Gasteiger partial charge in [-0.15, -0.1) is 0 Å². The fourth-order valence-electron chi connectivity index (χ4n) is 4.00. The molecular weight excluding hydrogens is 360 g/mol. The monoisotopic (exact) mass is 390 g/mol. The fraction of sp³-hybridized carbons (Fsp3) is 0.320. The third-order valence-corrected chi connectivity index (χ3v) is 5.61. The molecule has 0 fully saturated rings.